The molecule has 0 aromatic heterocycles. The number of para-hydroxylation sites is 1. The fourth-order valence-corrected chi connectivity index (χ4v) is 2.01. The molecule has 2 rings (SSSR count). The molecule has 0 radical (unpaired) electrons. The molecular weight excluding hydrogens is 300 g/mol. The molecule has 1 amide bonds. The van der Waals surface area contributed by atoms with Crippen molar-refractivity contribution >= 4 is 28.8 Å². The molecule has 1 unspecified atom stereocenters. The van der Waals surface area contributed by atoms with Crippen LogP contribution in [-0.2, 0) is 4.79 Å². The average molecular weight is 324 g/mol. The average Bonchev–Trinajstić information content (AvgIpc) is 2.57. The van der Waals surface area contributed by atoms with Crippen molar-refractivity contribution in [2.24, 2.45) is 4.99 Å². The first-order valence-electron chi connectivity index (χ1n) is 7.91. The minimum absolute atomic E-state index is 0.0837. The molecule has 2 N–H and O–H groups in total. The quantitative estimate of drug-likeness (QED) is 0.651. The third-order valence-electron chi connectivity index (χ3n) is 3.62. The SMILES string of the molecule is C/C(=N\c1ccc(NC(=O)C(C)Nc2ccccc2)cc1)N(C)C. The van der Waals surface area contributed by atoms with Crippen molar-refractivity contribution in [1.29, 1.82) is 0 Å². The topological polar surface area (TPSA) is 56.7 Å². The number of amidine groups is 1. The number of hydrogen-bond donors (Lipinski definition) is 2. The first-order valence-corrected chi connectivity index (χ1v) is 7.91. The normalized spacial score (nSPS) is 12.4. The van der Waals surface area contributed by atoms with Gasteiger partial charge in [0.05, 0.1) is 5.69 Å². The van der Waals surface area contributed by atoms with Crippen LogP contribution in [0.4, 0.5) is 17.1 Å². The Morgan fingerprint density at radius 3 is 2.21 bits per heavy atom. The maximum Gasteiger partial charge on any atom is 0.246 e. The molecule has 2 aromatic carbocycles. The summed E-state index contributed by atoms with van der Waals surface area (Å²) in [6.07, 6.45) is 0. The lowest BCUT2D eigenvalue weighted by Gasteiger charge is -2.15. The van der Waals surface area contributed by atoms with Crippen LogP contribution in [0.1, 0.15) is 13.8 Å². The Kier molecular flexibility index (Phi) is 5.95. The predicted molar refractivity (Wildman–Crippen MR) is 101 cm³/mol. The summed E-state index contributed by atoms with van der Waals surface area (Å²) in [6.45, 7) is 3.79. The van der Waals surface area contributed by atoms with Crippen molar-refractivity contribution in [2.45, 2.75) is 19.9 Å². The van der Waals surface area contributed by atoms with E-state index in [1.54, 1.807) is 0 Å². The minimum Gasteiger partial charge on any atom is -0.374 e. The largest absolute Gasteiger partial charge is 0.374 e. The van der Waals surface area contributed by atoms with E-state index in [1.807, 2.05) is 87.4 Å². The number of nitrogens with one attached hydrogen (secondary N) is 2. The van der Waals surface area contributed by atoms with Gasteiger partial charge in [-0.1, -0.05) is 18.2 Å². The third-order valence-corrected chi connectivity index (χ3v) is 3.62. The van der Waals surface area contributed by atoms with Crippen LogP contribution in [0.3, 0.4) is 0 Å². The lowest BCUT2D eigenvalue weighted by atomic mass is 10.2. The van der Waals surface area contributed by atoms with E-state index in [1.165, 1.54) is 0 Å². The van der Waals surface area contributed by atoms with Crippen molar-refractivity contribution in [3.63, 3.8) is 0 Å². The van der Waals surface area contributed by atoms with Crippen molar-refractivity contribution in [3.05, 3.63) is 54.6 Å². The molecule has 2 aromatic rings. The number of nitrogens with zero attached hydrogens (tertiary/aromatic N) is 2. The molecule has 24 heavy (non-hydrogen) atoms. The lowest BCUT2D eigenvalue weighted by molar-refractivity contribution is -0.116. The number of carbonyl (C=O) groups is 1. The van der Waals surface area contributed by atoms with Gasteiger partial charge in [0.15, 0.2) is 0 Å². The maximum atomic E-state index is 12.3. The molecule has 1 atom stereocenters. The summed E-state index contributed by atoms with van der Waals surface area (Å²) in [6, 6.07) is 16.8. The van der Waals surface area contributed by atoms with E-state index in [4.69, 9.17) is 0 Å². The van der Waals surface area contributed by atoms with Gasteiger partial charge < -0.3 is 15.5 Å². The third kappa shape index (κ3) is 5.12. The zero-order valence-electron chi connectivity index (χ0n) is 14.6. The van der Waals surface area contributed by atoms with Crippen LogP contribution in [0.25, 0.3) is 0 Å². The summed E-state index contributed by atoms with van der Waals surface area (Å²) in [7, 11) is 3.91. The van der Waals surface area contributed by atoms with Crippen LogP contribution in [0, 0.1) is 0 Å². The smallest absolute Gasteiger partial charge is 0.246 e. The van der Waals surface area contributed by atoms with E-state index in [2.05, 4.69) is 15.6 Å². The van der Waals surface area contributed by atoms with Crippen LogP contribution in [0.5, 0.6) is 0 Å². The molecule has 0 fully saturated rings. The molecule has 0 heterocycles. The second-order valence-corrected chi connectivity index (χ2v) is 5.82. The van der Waals surface area contributed by atoms with Crippen molar-refractivity contribution in [1.82, 2.24) is 4.90 Å². The van der Waals surface area contributed by atoms with Gasteiger partial charge in [0.1, 0.15) is 11.9 Å². The number of rotatable bonds is 5. The van der Waals surface area contributed by atoms with Crippen LogP contribution in [-0.4, -0.2) is 36.8 Å². The summed E-state index contributed by atoms with van der Waals surface area (Å²) in [4.78, 5) is 18.7. The van der Waals surface area contributed by atoms with Crippen LogP contribution < -0.4 is 10.6 Å². The highest BCUT2D eigenvalue weighted by Crippen LogP contribution is 2.17. The second kappa shape index (κ2) is 8.15. The van der Waals surface area contributed by atoms with E-state index in [-0.39, 0.29) is 11.9 Å². The highest BCUT2D eigenvalue weighted by atomic mass is 16.2. The summed E-state index contributed by atoms with van der Waals surface area (Å²) in [5.74, 6) is 0.840. The van der Waals surface area contributed by atoms with Crippen LogP contribution >= 0.6 is 0 Å². The molecule has 0 saturated heterocycles. The van der Waals surface area contributed by atoms with E-state index in [9.17, 15) is 4.79 Å². The van der Waals surface area contributed by atoms with E-state index in [0.717, 1.165) is 22.9 Å². The van der Waals surface area contributed by atoms with Crippen molar-refractivity contribution in [2.75, 3.05) is 24.7 Å². The van der Waals surface area contributed by atoms with Crippen molar-refractivity contribution < 1.29 is 4.79 Å². The summed E-state index contributed by atoms with van der Waals surface area (Å²) in [5.41, 5.74) is 2.53. The molecule has 0 saturated carbocycles. The fraction of sp³-hybridized carbons (Fsp3) is 0.263. The Hall–Kier alpha value is -2.82. The molecular formula is C19H24N4O. The summed E-state index contributed by atoms with van der Waals surface area (Å²) < 4.78 is 0. The van der Waals surface area contributed by atoms with Gasteiger partial charge in [-0.3, -0.25) is 4.79 Å². The van der Waals surface area contributed by atoms with E-state index in [0.29, 0.717) is 0 Å². The van der Waals surface area contributed by atoms with Gasteiger partial charge in [-0.15, -0.1) is 0 Å². The number of benzene rings is 2. The zero-order chi connectivity index (χ0) is 17.5. The Morgan fingerprint density at radius 2 is 1.62 bits per heavy atom. The zero-order valence-corrected chi connectivity index (χ0v) is 14.6. The van der Waals surface area contributed by atoms with Crippen LogP contribution in [0.2, 0.25) is 0 Å². The van der Waals surface area contributed by atoms with Gasteiger partial charge in [-0.25, -0.2) is 4.99 Å². The monoisotopic (exact) mass is 324 g/mol. The minimum atomic E-state index is -0.332. The molecule has 5 nitrogen and oxygen atoms in total. The van der Waals surface area contributed by atoms with Gasteiger partial charge in [-0.05, 0) is 50.2 Å². The van der Waals surface area contributed by atoms with Gasteiger partial charge in [0, 0.05) is 25.5 Å². The first kappa shape index (κ1) is 17.5. The van der Waals surface area contributed by atoms with E-state index < -0.39 is 0 Å². The summed E-state index contributed by atoms with van der Waals surface area (Å²) >= 11 is 0. The van der Waals surface area contributed by atoms with Crippen LogP contribution in [0.15, 0.2) is 59.6 Å². The molecule has 0 bridgehead atoms. The molecule has 0 aliphatic carbocycles. The standard InChI is InChI=1S/C19H24N4O/c1-14(20-16-8-6-5-7-9-16)19(24)22-18-12-10-17(11-13-18)21-15(2)23(3)4/h5-14,20H,1-4H3,(H,22,24)/b21-15+. The Labute approximate surface area is 143 Å². The Bertz CT molecular complexity index is 693. The predicted octanol–water partition coefficient (Wildman–Crippen LogP) is 3.74. The van der Waals surface area contributed by atoms with Gasteiger partial charge in [0.25, 0.3) is 0 Å². The maximum absolute atomic E-state index is 12.3. The lowest BCUT2D eigenvalue weighted by Crippen LogP contribution is -2.31. The van der Waals surface area contributed by atoms with E-state index >= 15 is 0 Å². The molecule has 0 aliphatic heterocycles. The highest BCUT2D eigenvalue weighted by molar-refractivity contribution is 5.96. The van der Waals surface area contributed by atoms with Gasteiger partial charge in [-0.2, -0.15) is 0 Å². The first-order chi connectivity index (χ1) is 11.5. The molecule has 5 heteroatoms. The van der Waals surface area contributed by atoms with Gasteiger partial charge in [0.2, 0.25) is 5.91 Å². The number of hydrogen-bond acceptors (Lipinski definition) is 3. The second-order valence-electron chi connectivity index (χ2n) is 5.82. The Balaban J connectivity index is 1.95. The molecule has 0 aliphatic rings. The number of anilines is 2. The molecule has 126 valence electrons. The van der Waals surface area contributed by atoms with Gasteiger partial charge >= 0.3 is 0 Å². The molecule has 0 spiro atoms. The van der Waals surface area contributed by atoms with Crippen molar-refractivity contribution in [3.8, 4) is 0 Å². The number of carbonyl (C=O) groups excluding carboxylic acids is 1. The fourth-order valence-electron chi connectivity index (χ4n) is 2.01. The number of aliphatic imine (C=N–C) groups is 1. The highest BCUT2D eigenvalue weighted by Gasteiger charge is 2.12. The number of amides is 1. The summed E-state index contributed by atoms with van der Waals surface area (Å²) in [5, 5.41) is 6.08. The Morgan fingerprint density at radius 1 is 1.00 bits per heavy atom.